The van der Waals surface area contributed by atoms with Crippen molar-refractivity contribution in [1.82, 2.24) is 9.97 Å². The van der Waals surface area contributed by atoms with E-state index in [0.29, 0.717) is 17.0 Å². The Labute approximate surface area is 192 Å². The molecule has 2 aliphatic heterocycles. The van der Waals surface area contributed by atoms with Gasteiger partial charge in [0.1, 0.15) is 18.1 Å². The molecule has 0 saturated carbocycles. The van der Waals surface area contributed by atoms with E-state index in [9.17, 15) is 18.8 Å². The average Bonchev–Trinajstić information content (AvgIpc) is 3.12. The fourth-order valence-electron chi connectivity index (χ4n) is 4.22. The minimum absolute atomic E-state index is 0.0577. The lowest BCUT2D eigenvalue weighted by atomic mass is 9.98. The van der Waals surface area contributed by atoms with E-state index >= 15 is 4.39 Å². The number of ether oxygens (including phenoxy) is 1. The molecule has 8 nitrogen and oxygen atoms in total. The van der Waals surface area contributed by atoms with E-state index in [-0.39, 0.29) is 40.6 Å². The van der Waals surface area contributed by atoms with Crippen LogP contribution >= 0.6 is 0 Å². The van der Waals surface area contributed by atoms with Gasteiger partial charge in [0.15, 0.2) is 6.61 Å². The highest BCUT2D eigenvalue weighted by Gasteiger charge is 2.36. The lowest BCUT2D eigenvalue weighted by molar-refractivity contribution is -0.122. The maximum atomic E-state index is 15.1. The van der Waals surface area contributed by atoms with Gasteiger partial charge < -0.3 is 15.0 Å². The van der Waals surface area contributed by atoms with Crippen LogP contribution in [0.25, 0.3) is 11.1 Å². The summed E-state index contributed by atoms with van der Waals surface area (Å²) in [6.07, 6.45) is 0.963. The number of rotatable bonds is 3. The predicted molar refractivity (Wildman–Crippen MR) is 118 cm³/mol. The molecular formula is C24H18F2N4O4. The second-order valence-electron chi connectivity index (χ2n) is 8.15. The van der Waals surface area contributed by atoms with Crippen LogP contribution < -0.4 is 15.0 Å². The van der Waals surface area contributed by atoms with Gasteiger partial charge in [0.2, 0.25) is 23.5 Å². The molecule has 2 aromatic heterocycles. The normalized spacial score (nSPS) is 16.4. The molecule has 0 spiro atoms. The van der Waals surface area contributed by atoms with Crippen molar-refractivity contribution in [3.8, 4) is 16.9 Å². The molecule has 10 heteroatoms. The summed E-state index contributed by atoms with van der Waals surface area (Å²) < 4.78 is 34.4. The van der Waals surface area contributed by atoms with Gasteiger partial charge in [0.05, 0.1) is 34.6 Å². The highest BCUT2D eigenvalue weighted by molar-refractivity contribution is 6.09. The van der Waals surface area contributed by atoms with Crippen molar-refractivity contribution in [3.05, 3.63) is 65.2 Å². The van der Waals surface area contributed by atoms with Gasteiger partial charge in [0.25, 0.3) is 0 Å². The number of anilines is 2. The smallest absolute Gasteiger partial charge is 0.244 e. The van der Waals surface area contributed by atoms with Gasteiger partial charge in [-0.2, -0.15) is 4.39 Å². The van der Waals surface area contributed by atoms with Gasteiger partial charge >= 0.3 is 0 Å². The van der Waals surface area contributed by atoms with Crippen LogP contribution in [0.15, 0.2) is 36.5 Å². The van der Waals surface area contributed by atoms with Crippen molar-refractivity contribution in [2.45, 2.75) is 19.8 Å². The number of hydrogen-bond donors (Lipinski definition) is 1. The van der Waals surface area contributed by atoms with E-state index in [1.807, 2.05) is 0 Å². The number of carbonyl (C=O) groups is 3. The Morgan fingerprint density at radius 2 is 2.00 bits per heavy atom. The van der Waals surface area contributed by atoms with Crippen LogP contribution in [0.1, 0.15) is 34.6 Å². The number of aromatic nitrogens is 2. The summed E-state index contributed by atoms with van der Waals surface area (Å²) in [4.78, 5) is 47.0. The number of hydrogen-bond acceptors (Lipinski definition) is 6. The number of nitrogens with one attached hydrogen (secondary N) is 1. The van der Waals surface area contributed by atoms with Gasteiger partial charge in [-0.25, -0.2) is 9.37 Å². The summed E-state index contributed by atoms with van der Waals surface area (Å²) in [6.45, 7) is 2.62. The molecule has 4 heterocycles. The standard InChI is InChI=1S/C24H18F2N4O4/c1-11-5-17-21(23(26)28-11)16-6-13(25)8-27-22(16)12(2)24(33)30(17)9-20(32)29-14-3-4-15-18(31)10-34-19(15)7-14/h3-8,12H,9-10H2,1-2H3,(H,29,32). The molecule has 0 bridgehead atoms. The number of nitrogens with zero attached hydrogens (tertiary/aromatic N) is 3. The first-order valence-corrected chi connectivity index (χ1v) is 10.5. The highest BCUT2D eigenvalue weighted by Crippen LogP contribution is 2.41. The first-order valence-electron chi connectivity index (χ1n) is 10.5. The number of aryl methyl sites for hydroxylation is 1. The van der Waals surface area contributed by atoms with Gasteiger partial charge in [0, 0.05) is 23.0 Å². The Morgan fingerprint density at radius 3 is 2.79 bits per heavy atom. The van der Waals surface area contributed by atoms with E-state index in [4.69, 9.17) is 4.74 Å². The first-order chi connectivity index (χ1) is 16.2. The van der Waals surface area contributed by atoms with Crippen molar-refractivity contribution in [3.63, 3.8) is 0 Å². The lowest BCUT2D eigenvalue weighted by Gasteiger charge is -2.24. The summed E-state index contributed by atoms with van der Waals surface area (Å²) in [5, 5.41) is 2.67. The molecule has 2 aliphatic rings. The van der Waals surface area contributed by atoms with Crippen LogP contribution in [-0.4, -0.2) is 40.7 Å². The largest absolute Gasteiger partial charge is 0.485 e. The molecule has 5 rings (SSSR count). The number of ketones is 1. The molecule has 1 aromatic carbocycles. The van der Waals surface area contributed by atoms with E-state index in [1.54, 1.807) is 26.0 Å². The fraction of sp³-hybridized carbons (Fsp3) is 0.208. The van der Waals surface area contributed by atoms with Crippen LogP contribution in [0.4, 0.5) is 20.2 Å². The number of amides is 2. The molecule has 1 N–H and O–H groups in total. The number of pyridine rings is 2. The van der Waals surface area contributed by atoms with Crippen LogP contribution in [-0.2, 0) is 9.59 Å². The van der Waals surface area contributed by atoms with Crippen LogP contribution in [0.2, 0.25) is 0 Å². The number of Topliss-reactive ketones (excluding diaryl/α,β-unsaturated/α-hetero) is 1. The van der Waals surface area contributed by atoms with E-state index < -0.39 is 36.0 Å². The van der Waals surface area contributed by atoms with Crippen molar-refractivity contribution in [2.24, 2.45) is 0 Å². The first kappa shape index (κ1) is 21.6. The molecule has 0 saturated heterocycles. The van der Waals surface area contributed by atoms with Crippen LogP contribution in [0.5, 0.6) is 5.75 Å². The van der Waals surface area contributed by atoms with Gasteiger partial charge in [-0.3, -0.25) is 19.4 Å². The van der Waals surface area contributed by atoms with Crippen molar-refractivity contribution in [1.29, 1.82) is 0 Å². The highest BCUT2D eigenvalue weighted by atomic mass is 19.1. The molecule has 0 fully saturated rings. The van der Waals surface area contributed by atoms with E-state index in [1.165, 1.54) is 12.1 Å². The molecule has 3 aromatic rings. The molecule has 172 valence electrons. The number of benzene rings is 1. The SMILES string of the molecule is Cc1cc2c(c(F)n1)-c1cc(F)cnc1C(C)C(=O)N2CC(=O)Nc1ccc2c(c1)OCC2=O. The van der Waals surface area contributed by atoms with Gasteiger partial charge in [-0.1, -0.05) is 0 Å². The third kappa shape index (κ3) is 3.57. The summed E-state index contributed by atoms with van der Waals surface area (Å²) in [5.41, 5.74) is 1.41. The van der Waals surface area contributed by atoms with Crippen LogP contribution in [0, 0.1) is 18.7 Å². The maximum Gasteiger partial charge on any atom is 0.244 e. The molecule has 34 heavy (non-hydrogen) atoms. The Hall–Kier alpha value is -4.21. The number of carbonyl (C=O) groups excluding carboxylic acids is 3. The summed E-state index contributed by atoms with van der Waals surface area (Å²) in [5.74, 6) is -3.29. The third-order valence-electron chi connectivity index (χ3n) is 5.80. The average molecular weight is 464 g/mol. The topological polar surface area (TPSA) is 101 Å². The molecule has 0 radical (unpaired) electrons. The molecule has 1 unspecified atom stereocenters. The second-order valence-corrected chi connectivity index (χ2v) is 8.15. The van der Waals surface area contributed by atoms with Crippen molar-refractivity contribution >= 4 is 29.0 Å². The summed E-state index contributed by atoms with van der Waals surface area (Å²) in [6, 6.07) is 7.22. The van der Waals surface area contributed by atoms with E-state index in [2.05, 4.69) is 15.3 Å². The Bertz CT molecular complexity index is 1390. The van der Waals surface area contributed by atoms with Crippen LogP contribution in [0.3, 0.4) is 0 Å². The monoisotopic (exact) mass is 464 g/mol. The maximum absolute atomic E-state index is 15.1. The molecule has 1 atom stereocenters. The molecule has 2 amide bonds. The predicted octanol–water partition coefficient (Wildman–Crippen LogP) is 3.39. The minimum Gasteiger partial charge on any atom is -0.485 e. The minimum atomic E-state index is -0.892. The molecular weight excluding hydrogens is 446 g/mol. The summed E-state index contributed by atoms with van der Waals surface area (Å²) >= 11 is 0. The summed E-state index contributed by atoms with van der Waals surface area (Å²) in [7, 11) is 0. The fourth-order valence-corrected chi connectivity index (χ4v) is 4.22. The number of fused-ring (bicyclic) bond motifs is 4. The lowest BCUT2D eigenvalue weighted by Crippen LogP contribution is -2.40. The van der Waals surface area contributed by atoms with Crippen molar-refractivity contribution < 1.29 is 27.9 Å². The van der Waals surface area contributed by atoms with Gasteiger partial charge in [-0.15, -0.1) is 0 Å². The zero-order valence-corrected chi connectivity index (χ0v) is 18.2. The zero-order valence-electron chi connectivity index (χ0n) is 18.2. The quantitative estimate of drug-likeness (QED) is 0.597. The third-order valence-corrected chi connectivity index (χ3v) is 5.80. The Balaban J connectivity index is 1.52. The second kappa shape index (κ2) is 7.98. The van der Waals surface area contributed by atoms with Crippen molar-refractivity contribution in [2.75, 3.05) is 23.4 Å². The van der Waals surface area contributed by atoms with Gasteiger partial charge in [-0.05, 0) is 38.1 Å². The number of halogens is 2. The zero-order chi connectivity index (χ0) is 24.1. The van der Waals surface area contributed by atoms with E-state index in [0.717, 1.165) is 17.2 Å². The Kier molecular flexibility index (Phi) is 5.07. The molecule has 0 aliphatic carbocycles. The Morgan fingerprint density at radius 1 is 1.21 bits per heavy atom.